The van der Waals surface area contributed by atoms with Crippen LogP contribution in [0.3, 0.4) is 0 Å². The number of hydrogen-bond acceptors (Lipinski definition) is 5. The number of methoxy groups -OCH3 is 1. The molecule has 0 saturated carbocycles. The molecular formula is C13H16N4O3S. The fraction of sp³-hybridized carbons (Fsp3) is 0.154. The molecule has 1 aromatic heterocycles. The van der Waals surface area contributed by atoms with Gasteiger partial charge in [0.1, 0.15) is 5.75 Å². The van der Waals surface area contributed by atoms with Crippen LogP contribution < -0.4 is 15.2 Å². The highest BCUT2D eigenvalue weighted by Crippen LogP contribution is 2.27. The lowest BCUT2D eigenvalue weighted by molar-refractivity contribution is 0.416. The number of nitrogens with two attached hydrogens (primary N) is 1. The lowest BCUT2D eigenvalue weighted by Gasteiger charge is -2.11. The number of hydrogen-bond donors (Lipinski definition) is 2. The van der Waals surface area contributed by atoms with Crippen LogP contribution in [0.1, 0.15) is 5.56 Å². The van der Waals surface area contributed by atoms with Gasteiger partial charge in [-0.3, -0.25) is 0 Å². The van der Waals surface area contributed by atoms with E-state index in [4.69, 9.17) is 9.88 Å². The zero-order chi connectivity index (χ0) is 15.5. The number of nitrogens with one attached hydrogen (secondary N) is 1. The SMILES string of the molecule is C=Cn1cc(CNc2cc(S(N)(=O)=O)ccc2OC)cn1. The average molecular weight is 308 g/mol. The summed E-state index contributed by atoms with van der Waals surface area (Å²) < 4.78 is 29.5. The molecule has 0 unspecified atom stereocenters. The van der Waals surface area contributed by atoms with Crippen LogP contribution in [-0.2, 0) is 16.6 Å². The van der Waals surface area contributed by atoms with Gasteiger partial charge >= 0.3 is 0 Å². The number of benzene rings is 1. The third kappa shape index (κ3) is 3.61. The van der Waals surface area contributed by atoms with E-state index in [1.165, 1.54) is 19.2 Å². The molecule has 0 aliphatic rings. The summed E-state index contributed by atoms with van der Waals surface area (Å²) in [5.41, 5.74) is 1.45. The van der Waals surface area contributed by atoms with Crippen molar-refractivity contribution >= 4 is 21.9 Å². The number of ether oxygens (including phenoxy) is 1. The van der Waals surface area contributed by atoms with Crippen LogP contribution in [0.15, 0.2) is 42.1 Å². The summed E-state index contributed by atoms with van der Waals surface area (Å²) in [7, 11) is -2.25. The number of nitrogens with zero attached hydrogens (tertiary/aromatic N) is 2. The summed E-state index contributed by atoms with van der Waals surface area (Å²) in [6.45, 7) is 4.06. The summed E-state index contributed by atoms with van der Waals surface area (Å²) in [6.07, 6.45) is 5.06. The van der Waals surface area contributed by atoms with Gasteiger partial charge in [-0.05, 0) is 18.2 Å². The number of anilines is 1. The molecule has 8 heteroatoms. The van der Waals surface area contributed by atoms with Crippen molar-refractivity contribution in [3.8, 4) is 5.75 Å². The molecule has 2 rings (SSSR count). The van der Waals surface area contributed by atoms with E-state index >= 15 is 0 Å². The third-order valence-electron chi connectivity index (χ3n) is 2.82. The Hall–Kier alpha value is -2.32. The maximum atomic E-state index is 11.4. The Morgan fingerprint density at radius 1 is 1.52 bits per heavy atom. The molecule has 1 heterocycles. The fourth-order valence-electron chi connectivity index (χ4n) is 1.77. The van der Waals surface area contributed by atoms with Crippen LogP contribution in [0.25, 0.3) is 6.20 Å². The van der Waals surface area contributed by atoms with Crippen molar-refractivity contribution in [3.63, 3.8) is 0 Å². The topological polar surface area (TPSA) is 99.2 Å². The first kappa shape index (κ1) is 15.1. The van der Waals surface area contributed by atoms with E-state index in [-0.39, 0.29) is 4.90 Å². The van der Waals surface area contributed by atoms with E-state index < -0.39 is 10.0 Å². The van der Waals surface area contributed by atoms with Gasteiger partial charge in [0.25, 0.3) is 0 Å². The first-order valence-corrected chi connectivity index (χ1v) is 7.59. The highest BCUT2D eigenvalue weighted by Gasteiger charge is 2.12. The zero-order valence-electron chi connectivity index (χ0n) is 11.5. The molecule has 0 atom stereocenters. The van der Waals surface area contributed by atoms with E-state index in [1.807, 2.05) is 0 Å². The van der Waals surface area contributed by atoms with Gasteiger partial charge in [-0.1, -0.05) is 6.58 Å². The summed E-state index contributed by atoms with van der Waals surface area (Å²) in [6, 6.07) is 4.39. The number of primary sulfonamides is 1. The van der Waals surface area contributed by atoms with Gasteiger partial charge in [0.15, 0.2) is 0 Å². The Balaban J connectivity index is 2.23. The Bertz CT molecular complexity index is 753. The molecule has 0 radical (unpaired) electrons. The second-order valence-electron chi connectivity index (χ2n) is 4.27. The Kier molecular flexibility index (Phi) is 4.29. The van der Waals surface area contributed by atoms with Gasteiger partial charge in [-0.2, -0.15) is 5.10 Å². The molecule has 0 fully saturated rings. The molecule has 0 amide bonds. The standard InChI is InChI=1S/C13H16N4O3S/c1-3-17-9-10(8-16-17)7-15-12-6-11(21(14,18)19)4-5-13(12)20-2/h3-6,8-9,15H,1,7H2,2H3,(H2,14,18,19). The zero-order valence-corrected chi connectivity index (χ0v) is 12.3. The minimum atomic E-state index is -3.76. The fourth-order valence-corrected chi connectivity index (χ4v) is 2.31. The molecule has 0 aliphatic heterocycles. The molecule has 3 N–H and O–H groups in total. The van der Waals surface area contributed by atoms with Crippen LogP contribution in [0.2, 0.25) is 0 Å². The summed E-state index contributed by atoms with van der Waals surface area (Å²) >= 11 is 0. The average Bonchev–Trinajstić information content (AvgIpc) is 2.91. The van der Waals surface area contributed by atoms with Crippen molar-refractivity contribution in [2.75, 3.05) is 12.4 Å². The quantitative estimate of drug-likeness (QED) is 0.836. The second kappa shape index (κ2) is 5.98. The van der Waals surface area contributed by atoms with Crippen molar-refractivity contribution in [1.29, 1.82) is 0 Å². The van der Waals surface area contributed by atoms with E-state index in [0.717, 1.165) is 5.56 Å². The lowest BCUT2D eigenvalue weighted by atomic mass is 10.2. The van der Waals surface area contributed by atoms with Crippen molar-refractivity contribution in [2.24, 2.45) is 5.14 Å². The number of sulfonamides is 1. The van der Waals surface area contributed by atoms with Crippen LogP contribution in [0.5, 0.6) is 5.75 Å². The van der Waals surface area contributed by atoms with Gasteiger partial charge in [-0.25, -0.2) is 18.2 Å². The van der Waals surface area contributed by atoms with E-state index in [9.17, 15) is 8.42 Å². The highest BCUT2D eigenvalue weighted by molar-refractivity contribution is 7.89. The first-order chi connectivity index (χ1) is 9.94. The van der Waals surface area contributed by atoms with Crippen molar-refractivity contribution < 1.29 is 13.2 Å². The first-order valence-electron chi connectivity index (χ1n) is 6.04. The molecule has 7 nitrogen and oxygen atoms in total. The Morgan fingerprint density at radius 3 is 2.86 bits per heavy atom. The monoisotopic (exact) mass is 308 g/mol. The maximum Gasteiger partial charge on any atom is 0.238 e. The molecule has 0 bridgehead atoms. The molecule has 0 spiro atoms. The number of rotatable bonds is 6. The Labute approximate surface area is 123 Å². The van der Waals surface area contributed by atoms with Crippen molar-refractivity contribution in [2.45, 2.75) is 11.4 Å². The van der Waals surface area contributed by atoms with Gasteiger partial charge in [0.05, 0.1) is 23.9 Å². The summed E-state index contributed by atoms with van der Waals surface area (Å²) in [5.74, 6) is 0.526. The highest BCUT2D eigenvalue weighted by atomic mass is 32.2. The molecule has 112 valence electrons. The predicted molar refractivity (Wildman–Crippen MR) is 80.3 cm³/mol. The van der Waals surface area contributed by atoms with Gasteiger partial charge in [0.2, 0.25) is 10.0 Å². The van der Waals surface area contributed by atoms with Gasteiger partial charge in [-0.15, -0.1) is 0 Å². The second-order valence-corrected chi connectivity index (χ2v) is 5.83. The predicted octanol–water partition coefficient (Wildman–Crippen LogP) is 1.25. The van der Waals surface area contributed by atoms with E-state index in [2.05, 4.69) is 17.0 Å². The van der Waals surface area contributed by atoms with Gasteiger partial charge < -0.3 is 10.1 Å². The number of aromatic nitrogens is 2. The molecular weight excluding hydrogens is 292 g/mol. The minimum absolute atomic E-state index is 0.0209. The van der Waals surface area contributed by atoms with Crippen LogP contribution in [-0.4, -0.2) is 25.3 Å². The maximum absolute atomic E-state index is 11.4. The van der Waals surface area contributed by atoms with Gasteiger partial charge in [0, 0.05) is 24.5 Å². The van der Waals surface area contributed by atoms with Crippen LogP contribution in [0, 0.1) is 0 Å². The van der Waals surface area contributed by atoms with Crippen molar-refractivity contribution in [1.82, 2.24) is 9.78 Å². The summed E-state index contributed by atoms with van der Waals surface area (Å²) in [4.78, 5) is 0.0209. The largest absolute Gasteiger partial charge is 0.495 e. The lowest BCUT2D eigenvalue weighted by Crippen LogP contribution is -2.12. The molecule has 0 saturated heterocycles. The smallest absolute Gasteiger partial charge is 0.238 e. The molecule has 21 heavy (non-hydrogen) atoms. The molecule has 0 aliphatic carbocycles. The van der Waals surface area contributed by atoms with E-state index in [0.29, 0.717) is 18.0 Å². The van der Waals surface area contributed by atoms with E-state index in [1.54, 1.807) is 29.3 Å². The normalized spacial score (nSPS) is 11.1. The Morgan fingerprint density at radius 2 is 2.29 bits per heavy atom. The molecule has 1 aromatic carbocycles. The van der Waals surface area contributed by atoms with Crippen molar-refractivity contribution in [3.05, 3.63) is 42.7 Å². The third-order valence-corrected chi connectivity index (χ3v) is 3.74. The minimum Gasteiger partial charge on any atom is -0.495 e. The summed E-state index contributed by atoms with van der Waals surface area (Å²) in [5, 5.41) is 12.3. The van der Waals surface area contributed by atoms with Crippen LogP contribution >= 0.6 is 0 Å². The molecule has 2 aromatic rings. The van der Waals surface area contributed by atoms with Crippen LogP contribution in [0.4, 0.5) is 5.69 Å².